The fourth-order valence-electron chi connectivity index (χ4n) is 2.77. The van der Waals surface area contributed by atoms with E-state index in [1.165, 1.54) is 19.8 Å². The van der Waals surface area contributed by atoms with Crippen molar-refractivity contribution in [3.05, 3.63) is 36.4 Å². The maximum atomic E-state index is 11.2. The normalized spacial score (nSPS) is 13.9. The number of aryl methyl sites for hydroxylation is 1. The molecule has 0 spiro atoms. The van der Waals surface area contributed by atoms with Crippen molar-refractivity contribution in [1.82, 2.24) is 19.5 Å². The number of fused-ring (bicyclic) bond motifs is 1. The molecule has 7 heteroatoms. The van der Waals surface area contributed by atoms with Gasteiger partial charge in [0.25, 0.3) is 0 Å². The highest BCUT2D eigenvalue weighted by molar-refractivity contribution is 5.90. The van der Waals surface area contributed by atoms with Crippen LogP contribution in [0.5, 0.6) is 0 Å². The molecular formula is C17H18N6O. The molecule has 0 bridgehead atoms. The zero-order chi connectivity index (χ0) is 16.7. The summed E-state index contributed by atoms with van der Waals surface area (Å²) in [5.41, 5.74) is 4.31. The van der Waals surface area contributed by atoms with Crippen LogP contribution in [0, 0.1) is 6.92 Å². The van der Waals surface area contributed by atoms with Crippen LogP contribution in [0.2, 0.25) is 0 Å². The van der Waals surface area contributed by atoms with E-state index in [1.807, 2.05) is 31.5 Å². The molecule has 0 aliphatic heterocycles. The number of carbonyl (C=O) groups excluding carboxylic acids is 1. The van der Waals surface area contributed by atoms with Gasteiger partial charge in [0.15, 0.2) is 17.0 Å². The van der Waals surface area contributed by atoms with Crippen molar-refractivity contribution >= 4 is 34.3 Å². The Morgan fingerprint density at radius 2 is 2.08 bits per heavy atom. The number of nitrogens with zero attached hydrogens (tertiary/aromatic N) is 4. The summed E-state index contributed by atoms with van der Waals surface area (Å²) in [4.78, 5) is 24.4. The van der Waals surface area contributed by atoms with E-state index in [0.717, 1.165) is 28.1 Å². The van der Waals surface area contributed by atoms with Crippen LogP contribution in [-0.2, 0) is 4.79 Å². The van der Waals surface area contributed by atoms with Crippen molar-refractivity contribution in [1.29, 1.82) is 0 Å². The number of carbonyl (C=O) groups is 1. The minimum atomic E-state index is -0.0815. The Balaban J connectivity index is 1.64. The van der Waals surface area contributed by atoms with Crippen LogP contribution in [0.3, 0.4) is 0 Å². The Bertz CT molecular complexity index is 928. The van der Waals surface area contributed by atoms with Gasteiger partial charge >= 0.3 is 0 Å². The van der Waals surface area contributed by atoms with E-state index < -0.39 is 0 Å². The predicted octanol–water partition coefficient (Wildman–Crippen LogP) is 3.17. The third kappa shape index (κ3) is 2.68. The average Bonchev–Trinajstić information content (AvgIpc) is 3.29. The molecule has 0 atom stereocenters. The minimum absolute atomic E-state index is 0.0815. The first-order valence-corrected chi connectivity index (χ1v) is 7.94. The quantitative estimate of drug-likeness (QED) is 0.770. The minimum Gasteiger partial charge on any atom is -0.338 e. The van der Waals surface area contributed by atoms with Crippen LogP contribution in [0.25, 0.3) is 11.2 Å². The fraction of sp³-hybridized carbons (Fsp3) is 0.294. The van der Waals surface area contributed by atoms with Gasteiger partial charge in [-0.3, -0.25) is 4.79 Å². The van der Waals surface area contributed by atoms with Crippen LogP contribution in [0.4, 0.5) is 17.2 Å². The topological polar surface area (TPSA) is 84.7 Å². The van der Waals surface area contributed by atoms with E-state index in [1.54, 1.807) is 6.33 Å². The first kappa shape index (κ1) is 14.6. The average molecular weight is 322 g/mol. The maximum absolute atomic E-state index is 11.2. The second-order valence-electron chi connectivity index (χ2n) is 6.11. The molecule has 122 valence electrons. The molecule has 7 nitrogen and oxygen atoms in total. The van der Waals surface area contributed by atoms with Crippen molar-refractivity contribution < 1.29 is 4.79 Å². The number of aromatic nitrogens is 4. The number of hydrogen-bond acceptors (Lipinski definition) is 5. The first-order valence-electron chi connectivity index (χ1n) is 7.94. The molecule has 1 amide bonds. The summed E-state index contributed by atoms with van der Waals surface area (Å²) < 4.78 is 2.12. The smallest absolute Gasteiger partial charge is 0.221 e. The molecule has 1 saturated carbocycles. The number of benzene rings is 1. The standard InChI is InChI=1S/C17H18N6O/c1-10-7-12(3-6-14(10)21-11(2)24)22-16-15-17(19-8-18-16)23(9-20-15)13-4-5-13/h3,6-9,13H,4-5H2,1-2H3,(H,21,24)(H,18,19,22). The lowest BCUT2D eigenvalue weighted by atomic mass is 10.1. The van der Waals surface area contributed by atoms with E-state index >= 15 is 0 Å². The first-order chi connectivity index (χ1) is 11.6. The molecule has 3 aromatic rings. The van der Waals surface area contributed by atoms with Crippen molar-refractivity contribution in [2.75, 3.05) is 10.6 Å². The number of hydrogen-bond donors (Lipinski definition) is 2. The van der Waals surface area contributed by atoms with E-state index in [2.05, 4.69) is 30.2 Å². The molecule has 0 saturated heterocycles. The maximum Gasteiger partial charge on any atom is 0.221 e. The summed E-state index contributed by atoms with van der Waals surface area (Å²) in [5.74, 6) is 0.605. The molecule has 1 aliphatic carbocycles. The largest absolute Gasteiger partial charge is 0.338 e. The van der Waals surface area contributed by atoms with Crippen molar-refractivity contribution in [2.24, 2.45) is 0 Å². The second-order valence-corrected chi connectivity index (χ2v) is 6.11. The SMILES string of the molecule is CC(=O)Nc1ccc(Nc2ncnc3c2ncn3C2CC2)cc1C. The molecule has 1 aliphatic rings. The van der Waals surface area contributed by atoms with Gasteiger partial charge in [-0.1, -0.05) is 0 Å². The predicted molar refractivity (Wildman–Crippen MR) is 92.4 cm³/mol. The number of imidazole rings is 1. The highest BCUT2D eigenvalue weighted by Crippen LogP contribution is 2.37. The molecule has 2 aromatic heterocycles. The summed E-state index contributed by atoms with van der Waals surface area (Å²) in [6.07, 6.45) is 5.77. The highest BCUT2D eigenvalue weighted by atomic mass is 16.1. The number of anilines is 3. The number of nitrogens with one attached hydrogen (secondary N) is 2. The molecule has 4 rings (SSSR count). The Labute approximate surface area is 139 Å². The summed E-state index contributed by atoms with van der Waals surface area (Å²) in [6.45, 7) is 3.45. The number of amides is 1. The summed E-state index contributed by atoms with van der Waals surface area (Å²) in [7, 11) is 0. The van der Waals surface area contributed by atoms with E-state index in [0.29, 0.717) is 11.9 Å². The number of rotatable bonds is 4. The van der Waals surface area contributed by atoms with Crippen LogP contribution in [0.15, 0.2) is 30.9 Å². The van der Waals surface area contributed by atoms with Crippen molar-refractivity contribution in [2.45, 2.75) is 32.7 Å². The molecule has 24 heavy (non-hydrogen) atoms. The van der Waals surface area contributed by atoms with Crippen LogP contribution in [0.1, 0.15) is 31.4 Å². The van der Waals surface area contributed by atoms with Gasteiger partial charge in [0.05, 0.1) is 6.33 Å². The molecule has 1 fully saturated rings. The van der Waals surface area contributed by atoms with Crippen LogP contribution in [-0.4, -0.2) is 25.4 Å². The Kier molecular flexibility index (Phi) is 3.41. The Morgan fingerprint density at radius 3 is 2.79 bits per heavy atom. The summed E-state index contributed by atoms with van der Waals surface area (Å²) >= 11 is 0. The fourth-order valence-corrected chi connectivity index (χ4v) is 2.77. The van der Waals surface area contributed by atoms with Gasteiger partial charge < -0.3 is 15.2 Å². The van der Waals surface area contributed by atoms with Crippen molar-refractivity contribution in [3.63, 3.8) is 0 Å². The van der Waals surface area contributed by atoms with Crippen LogP contribution >= 0.6 is 0 Å². The molecule has 0 radical (unpaired) electrons. The Morgan fingerprint density at radius 1 is 1.25 bits per heavy atom. The zero-order valence-electron chi connectivity index (χ0n) is 13.6. The van der Waals surface area contributed by atoms with Gasteiger partial charge in [-0.2, -0.15) is 0 Å². The van der Waals surface area contributed by atoms with Crippen LogP contribution < -0.4 is 10.6 Å². The van der Waals surface area contributed by atoms with Crippen molar-refractivity contribution in [3.8, 4) is 0 Å². The van der Waals surface area contributed by atoms with E-state index in [4.69, 9.17) is 0 Å². The lowest BCUT2D eigenvalue weighted by molar-refractivity contribution is -0.114. The monoisotopic (exact) mass is 322 g/mol. The molecule has 2 heterocycles. The molecular weight excluding hydrogens is 304 g/mol. The van der Waals surface area contributed by atoms with E-state index in [-0.39, 0.29) is 5.91 Å². The Hall–Kier alpha value is -2.96. The van der Waals surface area contributed by atoms with Gasteiger partial charge in [0, 0.05) is 24.3 Å². The molecule has 2 N–H and O–H groups in total. The third-order valence-electron chi connectivity index (χ3n) is 4.10. The zero-order valence-corrected chi connectivity index (χ0v) is 13.6. The van der Waals surface area contributed by atoms with Gasteiger partial charge in [0.1, 0.15) is 6.33 Å². The lowest BCUT2D eigenvalue weighted by Crippen LogP contribution is -2.07. The summed E-state index contributed by atoms with van der Waals surface area (Å²) in [5, 5.41) is 6.11. The van der Waals surface area contributed by atoms with Gasteiger partial charge in [-0.05, 0) is 43.5 Å². The van der Waals surface area contributed by atoms with Gasteiger partial charge in [-0.15, -0.1) is 0 Å². The second kappa shape index (κ2) is 5.59. The van der Waals surface area contributed by atoms with Gasteiger partial charge in [-0.25, -0.2) is 15.0 Å². The molecule has 1 aromatic carbocycles. The summed E-state index contributed by atoms with van der Waals surface area (Å²) in [6, 6.07) is 6.28. The van der Waals surface area contributed by atoms with E-state index in [9.17, 15) is 4.79 Å². The highest BCUT2D eigenvalue weighted by Gasteiger charge is 2.26. The third-order valence-corrected chi connectivity index (χ3v) is 4.10. The van der Waals surface area contributed by atoms with Gasteiger partial charge in [0.2, 0.25) is 5.91 Å². The molecule has 0 unspecified atom stereocenters. The lowest BCUT2D eigenvalue weighted by Gasteiger charge is -2.10.